The van der Waals surface area contributed by atoms with Crippen molar-refractivity contribution in [3.8, 4) is 0 Å². The molecule has 1 aromatic rings. The van der Waals surface area contributed by atoms with E-state index in [1.807, 2.05) is 31.2 Å². The maximum absolute atomic E-state index is 11.1. The van der Waals surface area contributed by atoms with Gasteiger partial charge in [0.25, 0.3) is 11.9 Å². The lowest BCUT2D eigenvalue weighted by atomic mass is 10.2. The molecule has 4 nitrogen and oxygen atoms in total. The fraction of sp³-hybridized carbons (Fsp3) is 0.273. The topological polar surface area (TPSA) is 50.7 Å². The summed E-state index contributed by atoms with van der Waals surface area (Å²) in [6.07, 6.45) is -0.450. The van der Waals surface area contributed by atoms with E-state index in [-0.39, 0.29) is 11.9 Å². The van der Waals surface area contributed by atoms with Gasteiger partial charge in [-0.25, -0.2) is 0 Å². The van der Waals surface area contributed by atoms with Gasteiger partial charge in [-0.05, 0) is 26.0 Å². The zero-order chi connectivity index (χ0) is 10.8. The third-order valence-electron chi connectivity index (χ3n) is 2.15. The van der Waals surface area contributed by atoms with Crippen molar-refractivity contribution in [2.75, 3.05) is 0 Å². The fourth-order valence-corrected chi connectivity index (χ4v) is 1.25. The van der Waals surface area contributed by atoms with E-state index in [0.717, 1.165) is 5.69 Å². The van der Waals surface area contributed by atoms with Gasteiger partial charge in [0.05, 0.1) is 5.69 Å². The van der Waals surface area contributed by atoms with Crippen LogP contribution in [0.15, 0.2) is 29.3 Å². The van der Waals surface area contributed by atoms with Crippen LogP contribution in [0, 0.1) is 6.92 Å². The van der Waals surface area contributed by atoms with E-state index in [1.165, 1.54) is 5.56 Å². The summed E-state index contributed by atoms with van der Waals surface area (Å²) in [5, 5.41) is 2.56. The monoisotopic (exact) mass is 204 g/mol. The van der Waals surface area contributed by atoms with Crippen LogP contribution in [0.2, 0.25) is 0 Å². The second-order valence-corrected chi connectivity index (χ2v) is 3.50. The van der Waals surface area contributed by atoms with E-state index in [4.69, 9.17) is 4.74 Å². The van der Waals surface area contributed by atoms with Crippen LogP contribution in [-0.4, -0.2) is 18.0 Å². The average Bonchev–Trinajstić information content (AvgIpc) is 2.50. The quantitative estimate of drug-likeness (QED) is 0.754. The molecule has 1 aliphatic rings. The Bertz CT molecular complexity index is 409. The van der Waals surface area contributed by atoms with E-state index < -0.39 is 6.10 Å². The highest BCUT2D eigenvalue weighted by Gasteiger charge is 2.26. The maximum Gasteiger partial charge on any atom is 0.297 e. The lowest BCUT2D eigenvalue weighted by molar-refractivity contribution is -0.122. The van der Waals surface area contributed by atoms with E-state index in [9.17, 15) is 4.79 Å². The van der Waals surface area contributed by atoms with Gasteiger partial charge in [0.2, 0.25) is 0 Å². The van der Waals surface area contributed by atoms with Crippen LogP contribution in [0.4, 0.5) is 5.69 Å². The number of hydrogen-bond donors (Lipinski definition) is 1. The maximum atomic E-state index is 11.1. The van der Waals surface area contributed by atoms with Crippen molar-refractivity contribution < 1.29 is 9.53 Å². The highest BCUT2D eigenvalue weighted by Crippen LogP contribution is 2.14. The Labute approximate surface area is 88.0 Å². The predicted octanol–water partition coefficient (Wildman–Crippen LogP) is 1.52. The molecule has 0 aromatic heterocycles. The molecular formula is C11H12N2O2. The van der Waals surface area contributed by atoms with Crippen LogP contribution in [0.3, 0.4) is 0 Å². The molecule has 0 saturated carbocycles. The summed E-state index contributed by atoms with van der Waals surface area (Å²) in [6, 6.07) is 7.94. The lowest BCUT2D eigenvalue weighted by Crippen LogP contribution is -2.23. The third kappa shape index (κ3) is 2.15. The minimum atomic E-state index is -0.450. The largest absolute Gasteiger partial charge is 0.452 e. The molecule has 1 aliphatic heterocycles. The third-order valence-corrected chi connectivity index (χ3v) is 2.15. The van der Waals surface area contributed by atoms with Crippen LogP contribution < -0.4 is 5.32 Å². The van der Waals surface area contributed by atoms with E-state index in [2.05, 4.69) is 10.3 Å². The van der Waals surface area contributed by atoms with E-state index >= 15 is 0 Å². The van der Waals surface area contributed by atoms with Gasteiger partial charge in [-0.15, -0.1) is 0 Å². The molecule has 1 fully saturated rings. The molecule has 1 aromatic carbocycles. The lowest BCUT2D eigenvalue weighted by Gasteiger charge is -1.99. The second kappa shape index (κ2) is 3.73. The highest BCUT2D eigenvalue weighted by atomic mass is 16.5. The van der Waals surface area contributed by atoms with Gasteiger partial charge in [-0.1, -0.05) is 17.7 Å². The number of amidine groups is 1. The van der Waals surface area contributed by atoms with Gasteiger partial charge in [0.15, 0.2) is 6.10 Å². The first kappa shape index (κ1) is 9.71. The summed E-state index contributed by atoms with van der Waals surface area (Å²) < 4.78 is 5.20. The number of nitrogens with zero attached hydrogens (tertiary/aromatic N) is 1. The minimum absolute atomic E-state index is 0.152. The summed E-state index contributed by atoms with van der Waals surface area (Å²) >= 11 is 0. The smallest absolute Gasteiger partial charge is 0.297 e. The first-order valence-corrected chi connectivity index (χ1v) is 4.78. The SMILES string of the molecule is Cc1ccc(N=C2NC(=O)C(C)O2)cc1. The van der Waals surface area contributed by atoms with Crippen molar-refractivity contribution in [3.05, 3.63) is 29.8 Å². The normalized spacial score (nSPS) is 22.7. The van der Waals surface area contributed by atoms with Crippen molar-refractivity contribution in [3.63, 3.8) is 0 Å². The van der Waals surface area contributed by atoms with Crippen LogP contribution in [0.1, 0.15) is 12.5 Å². The van der Waals surface area contributed by atoms with Gasteiger partial charge < -0.3 is 4.74 Å². The van der Waals surface area contributed by atoms with E-state index in [1.54, 1.807) is 6.92 Å². The van der Waals surface area contributed by atoms with Crippen LogP contribution in [-0.2, 0) is 9.53 Å². The molecule has 1 atom stereocenters. The first-order chi connectivity index (χ1) is 7.15. The zero-order valence-corrected chi connectivity index (χ0v) is 8.65. The fourth-order valence-electron chi connectivity index (χ4n) is 1.25. The number of carbonyl (C=O) groups excluding carboxylic acids is 1. The molecule has 1 saturated heterocycles. The Balaban J connectivity index is 2.17. The summed E-state index contributed by atoms with van der Waals surface area (Å²) in [5.74, 6) is -0.152. The molecule has 0 bridgehead atoms. The van der Waals surface area contributed by atoms with Gasteiger partial charge in [-0.3, -0.25) is 10.1 Å². The Hall–Kier alpha value is -1.84. The molecule has 1 heterocycles. The molecule has 2 rings (SSSR count). The zero-order valence-electron chi connectivity index (χ0n) is 8.65. The Morgan fingerprint density at radius 3 is 2.53 bits per heavy atom. The highest BCUT2D eigenvalue weighted by molar-refractivity contribution is 6.02. The van der Waals surface area contributed by atoms with Gasteiger partial charge in [0, 0.05) is 0 Å². The molecule has 0 aliphatic carbocycles. The molecule has 1 N–H and O–H groups in total. The Kier molecular flexibility index (Phi) is 2.41. The number of ether oxygens (including phenoxy) is 1. The van der Waals surface area contributed by atoms with Crippen molar-refractivity contribution in [2.24, 2.45) is 4.99 Å². The molecule has 15 heavy (non-hydrogen) atoms. The van der Waals surface area contributed by atoms with E-state index in [0.29, 0.717) is 0 Å². The number of benzene rings is 1. The number of aryl methyl sites for hydroxylation is 1. The number of carbonyl (C=O) groups is 1. The van der Waals surface area contributed by atoms with Gasteiger partial charge in [0.1, 0.15) is 0 Å². The molecule has 0 spiro atoms. The predicted molar refractivity (Wildman–Crippen MR) is 57.0 cm³/mol. The van der Waals surface area contributed by atoms with Crippen molar-refractivity contribution >= 4 is 17.6 Å². The number of nitrogens with one attached hydrogen (secondary N) is 1. The number of hydrogen-bond acceptors (Lipinski definition) is 3. The van der Waals surface area contributed by atoms with Crippen molar-refractivity contribution in [1.29, 1.82) is 0 Å². The van der Waals surface area contributed by atoms with Gasteiger partial charge in [-0.2, -0.15) is 4.99 Å². The summed E-state index contributed by atoms with van der Waals surface area (Å²) in [4.78, 5) is 15.3. The van der Waals surface area contributed by atoms with Crippen LogP contribution in [0.25, 0.3) is 0 Å². The van der Waals surface area contributed by atoms with Gasteiger partial charge >= 0.3 is 0 Å². The summed E-state index contributed by atoms with van der Waals surface area (Å²) in [6.45, 7) is 3.69. The Morgan fingerprint density at radius 2 is 2.00 bits per heavy atom. The molecule has 78 valence electrons. The molecule has 0 radical (unpaired) electrons. The minimum Gasteiger partial charge on any atom is -0.452 e. The summed E-state index contributed by atoms with van der Waals surface area (Å²) in [5.41, 5.74) is 1.94. The molecular weight excluding hydrogens is 192 g/mol. The average molecular weight is 204 g/mol. The first-order valence-electron chi connectivity index (χ1n) is 4.78. The molecule has 4 heteroatoms. The summed E-state index contributed by atoms with van der Waals surface area (Å²) in [7, 11) is 0. The van der Waals surface area contributed by atoms with Crippen molar-refractivity contribution in [1.82, 2.24) is 5.32 Å². The number of rotatable bonds is 1. The Morgan fingerprint density at radius 1 is 1.33 bits per heavy atom. The van der Waals surface area contributed by atoms with Crippen LogP contribution in [0.5, 0.6) is 0 Å². The number of aliphatic imine (C=N–C) groups is 1. The standard InChI is InChI=1S/C11H12N2O2/c1-7-3-5-9(6-4-7)12-11-13-10(14)8(2)15-11/h3-6,8H,1-2H3,(H,12,13,14). The van der Waals surface area contributed by atoms with Crippen molar-refractivity contribution in [2.45, 2.75) is 20.0 Å². The molecule has 1 amide bonds. The van der Waals surface area contributed by atoms with Crippen LogP contribution >= 0.6 is 0 Å². The molecule has 1 unspecified atom stereocenters. The second-order valence-electron chi connectivity index (χ2n) is 3.50. The number of amides is 1.